The van der Waals surface area contributed by atoms with Crippen LogP contribution in [0.4, 0.5) is 0 Å². The number of fused-ring (bicyclic) bond motifs is 1. The van der Waals surface area contributed by atoms with Crippen molar-refractivity contribution in [2.75, 3.05) is 0 Å². The van der Waals surface area contributed by atoms with Crippen LogP contribution in [-0.4, -0.2) is 29.0 Å². The minimum Gasteiger partial charge on any atom is -0.223 e. The molecule has 1 aliphatic rings. The van der Waals surface area contributed by atoms with Crippen LogP contribution in [0.25, 0.3) is 0 Å². The first-order chi connectivity index (χ1) is 7.68. The fourth-order valence-corrected chi connectivity index (χ4v) is 2.77. The van der Waals surface area contributed by atoms with Gasteiger partial charge in [0, 0.05) is 5.56 Å². The molecule has 0 bridgehead atoms. The summed E-state index contributed by atoms with van der Waals surface area (Å²) in [6, 6.07) is 6.64. The molecule has 0 unspecified atom stereocenters. The molecule has 1 aromatic heterocycles. The lowest BCUT2D eigenvalue weighted by Gasteiger charge is -1.99. The molecule has 16 heavy (non-hydrogen) atoms. The van der Waals surface area contributed by atoms with Gasteiger partial charge in [-0.05, 0) is 12.1 Å². The fourth-order valence-electron chi connectivity index (χ4n) is 1.57. The van der Waals surface area contributed by atoms with Gasteiger partial charge >= 0.3 is 0 Å². The highest BCUT2D eigenvalue weighted by Gasteiger charge is 2.29. The first kappa shape index (κ1) is 9.22. The molecule has 6 nitrogen and oxygen atoms in total. The first-order valence-corrected chi connectivity index (χ1v) is 5.92. The van der Waals surface area contributed by atoms with Gasteiger partial charge in [0.25, 0.3) is 10.0 Å². The van der Waals surface area contributed by atoms with E-state index in [4.69, 9.17) is 0 Å². The van der Waals surface area contributed by atoms with Gasteiger partial charge in [-0.25, -0.2) is 9.67 Å². The Morgan fingerprint density at radius 1 is 1.19 bits per heavy atom. The van der Waals surface area contributed by atoms with Gasteiger partial charge in [0.1, 0.15) is 17.6 Å². The van der Waals surface area contributed by atoms with Crippen molar-refractivity contribution in [3.8, 4) is 0 Å². The third-order valence-corrected chi connectivity index (χ3v) is 3.57. The molecular formula is C9H6N4O2S. The second-order valence-electron chi connectivity index (χ2n) is 3.23. The van der Waals surface area contributed by atoms with Crippen molar-refractivity contribution in [3.05, 3.63) is 42.5 Å². The van der Waals surface area contributed by atoms with Gasteiger partial charge in [-0.3, -0.25) is 0 Å². The van der Waals surface area contributed by atoms with Crippen LogP contribution in [0, 0.1) is 0 Å². The molecule has 0 saturated heterocycles. The predicted octanol–water partition coefficient (Wildman–Crippen LogP) is 0.275. The van der Waals surface area contributed by atoms with Gasteiger partial charge < -0.3 is 0 Å². The molecule has 0 spiro atoms. The Kier molecular flexibility index (Phi) is 1.72. The zero-order valence-electron chi connectivity index (χ0n) is 7.98. The molecule has 0 radical (unpaired) electrons. The highest BCUT2D eigenvalue weighted by atomic mass is 32.2. The first-order valence-electron chi connectivity index (χ1n) is 4.48. The Balaban J connectivity index is 2.31. The molecule has 80 valence electrons. The van der Waals surface area contributed by atoms with E-state index in [9.17, 15) is 8.42 Å². The number of sulfonamides is 1. The average Bonchev–Trinajstić information content (AvgIpc) is 2.86. The topological polar surface area (TPSA) is 77.2 Å². The van der Waals surface area contributed by atoms with Gasteiger partial charge in [-0.15, -0.1) is 4.40 Å². The highest BCUT2D eigenvalue weighted by molar-refractivity contribution is 7.90. The van der Waals surface area contributed by atoms with Gasteiger partial charge in [-0.1, -0.05) is 12.1 Å². The second kappa shape index (κ2) is 2.99. The molecule has 2 aromatic rings. The van der Waals surface area contributed by atoms with E-state index in [1.54, 1.807) is 18.2 Å². The van der Waals surface area contributed by atoms with Crippen LogP contribution < -0.4 is 0 Å². The van der Waals surface area contributed by atoms with E-state index in [0.717, 1.165) is 0 Å². The summed E-state index contributed by atoms with van der Waals surface area (Å²) in [5.41, 5.74) is 0.549. The SMILES string of the molecule is O=S1(=O)N=C(n2cncn2)c2ccccc21. The molecule has 7 heteroatoms. The summed E-state index contributed by atoms with van der Waals surface area (Å²) >= 11 is 0. The van der Waals surface area contributed by atoms with E-state index in [1.165, 1.54) is 23.4 Å². The lowest BCUT2D eigenvalue weighted by atomic mass is 10.2. The molecule has 0 aliphatic carbocycles. The Morgan fingerprint density at radius 2 is 2.00 bits per heavy atom. The zero-order valence-corrected chi connectivity index (χ0v) is 8.79. The Labute approximate surface area is 91.3 Å². The largest absolute Gasteiger partial charge is 0.285 e. The lowest BCUT2D eigenvalue weighted by Crippen LogP contribution is -2.11. The normalized spacial score (nSPS) is 16.9. The van der Waals surface area contributed by atoms with Crippen LogP contribution in [0.3, 0.4) is 0 Å². The van der Waals surface area contributed by atoms with Crippen molar-refractivity contribution in [2.24, 2.45) is 4.40 Å². The lowest BCUT2D eigenvalue weighted by molar-refractivity contribution is 0.599. The highest BCUT2D eigenvalue weighted by Crippen LogP contribution is 2.25. The Hall–Kier alpha value is -2.02. The van der Waals surface area contributed by atoms with Crippen molar-refractivity contribution in [3.63, 3.8) is 0 Å². The van der Waals surface area contributed by atoms with E-state index >= 15 is 0 Å². The summed E-state index contributed by atoms with van der Waals surface area (Å²) < 4.78 is 28.4. The molecule has 0 saturated carbocycles. The molecule has 1 aliphatic heterocycles. The second-order valence-corrected chi connectivity index (χ2v) is 4.80. The number of nitrogens with zero attached hydrogens (tertiary/aromatic N) is 4. The minimum atomic E-state index is -3.58. The number of rotatable bonds is 0. The third kappa shape index (κ3) is 1.18. The molecule has 0 N–H and O–H groups in total. The monoisotopic (exact) mass is 234 g/mol. The minimum absolute atomic E-state index is 0.209. The molecule has 1 aromatic carbocycles. The molecular weight excluding hydrogens is 228 g/mol. The molecule has 0 atom stereocenters. The van der Waals surface area contributed by atoms with Crippen molar-refractivity contribution >= 4 is 15.9 Å². The maximum absolute atomic E-state index is 11.7. The Bertz CT molecular complexity index is 673. The van der Waals surface area contributed by atoms with Crippen LogP contribution in [0.2, 0.25) is 0 Å². The molecule has 3 rings (SSSR count). The van der Waals surface area contributed by atoms with E-state index in [0.29, 0.717) is 5.56 Å². The summed E-state index contributed by atoms with van der Waals surface area (Å²) in [7, 11) is -3.58. The molecule has 0 amide bonds. The maximum Gasteiger partial charge on any atom is 0.285 e. The van der Waals surface area contributed by atoms with Crippen LogP contribution in [-0.2, 0) is 10.0 Å². The summed E-state index contributed by atoms with van der Waals surface area (Å²) in [5.74, 6) is 0.285. The van der Waals surface area contributed by atoms with Crippen LogP contribution in [0.5, 0.6) is 0 Å². The summed E-state index contributed by atoms with van der Waals surface area (Å²) in [6.45, 7) is 0. The molecule has 0 fully saturated rings. The van der Waals surface area contributed by atoms with E-state index in [2.05, 4.69) is 14.5 Å². The predicted molar refractivity (Wildman–Crippen MR) is 55.6 cm³/mol. The standard InChI is InChI=1S/C9H6N4O2S/c14-16(15)8-4-2-1-3-7(8)9(12-16)13-6-10-5-11-13/h1-6H. The van der Waals surface area contributed by atoms with Gasteiger partial charge in [0.15, 0.2) is 5.84 Å². The average molecular weight is 234 g/mol. The van der Waals surface area contributed by atoms with E-state index in [-0.39, 0.29) is 10.7 Å². The summed E-state index contributed by atoms with van der Waals surface area (Å²) in [6.07, 6.45) is 2.74. The van der Waals surface area contributed by atoms with Crippen LogP contribution in [0.1, 0.15) is 5.56 Å². The van der Waals surface area contributed by atoms with E-state index < -0.39 is 10.0 Å². The maximum atomic E-state index is 11.7. The van der Waals surface area contributed by atoms with Crippen molar-refractivity contribution < 1.29 is 8.42 Å². The Morgan fingerprint density at radius 3 is 2.75 bits per heavy atom. The van der Waals surface area contributed by atoms with E-state index in [1.807, 2.05) is 0 Å². The number of aromatic nitrogens is 3. The van der Waals surface area contributed by atoms with Crippen LogP contribution in [0.15, 0.2) is 46.2 Å². The quantitative estimate of drug-likeness (QED) is 0.655. The number of benzene rings is 1. The number of hydrogen-bond acceptors (Lipinski definition) is 4. The van der Waals surface area contributed by atoms with Gasteiger partial charge in [-0.2, -0.15) is 13.5 Å². The smallest absolute Gasteiger partial charge is 0.223 e. The number of hydrogen-bond donors (Lipinski definition) is 0. The zero-order chi connectivity index (χ0) is 11.2. The van der Waals surface area contributed by atoms with Gasteiger partial charge in [0.05, 0.1) is 0 Å². The van der Waals surface area contributed by atoms with Crippen molar-refractivity contribution in [1.29, 1.82) is 0 Å². The van der Waals surface area contributed by atoms with Crippen LogP contribution >= 0.6 is 0 Å². The van der Waals surface area contributed by atoms with Crippen molar-refractivity contribution in [2.45, 2.75) is 4.90 Å². The molecule has 2 heterocycles. The third-order valence-electron chi connectivity index (χ3n) is 2.25. The summed E-state index contributed by atoms with van der Waals surface area (Å²) in [4.78, 5) is 3.97. The van der Waals surface area contributed by atoms with Gasteiger partial charge in [0.2, 0.25) is 0 Å². The summed E-state index contributed by atoms with van der Waals surface area (Å²) in [5, 5.41) is 3.87. The fraction of sp³-hybridized carbons (Fsp3) is 0. The van der Waals surface area contributed by atoms with Crippen molar-refractivity contribution in [1.82, 2.24) is 14.8 Å².